The van der Waals surface area contributed by atoms with Crippen LogP contribution in [0.3, 0.4) is 0 Å². The molecule has 1 rings (SSSR count). The van der Waals surface area contributed by atoms with Gasteiger partial charge in [-0.1, -0.05) is 41.8 Å². The Bertz CT molecular complexity index is 494. The van der Waals surface area contributed by atoms with E-state index in [9.17, 15) is 10.2 Å². The van der Waals surface area contributed by atoms with Crippen LogP contribution in [0.25, 0.3) is 0 Å². The Morgan fingerprint density at radius 2 is 1.68 bits per heavy atom. The fraction of sp³-hybridized carbons (Fsp3) is 0.375. The molecule has 0 spiro atoms. The molecule has 1 aromatic rings. The summed E-state index contributed by atoms with van der Waals surface area (Å²) in [5, 5.41) is 19.7. The molecule has 0 amide bonds. The van der Waals surface area contributed by atoms with Crippen molar-refractivity contribution in [3.05, 3.63) is 41.3 Å². The number of hydrogen-bond donors (Lipinski definition) is 2. The van der Waals surface area contributed by atoms with Crippen molar-refractivity contribution in [1.29, 1.82) is 0 Å². The zero-order chi connectivity index (χ0) is 14.5. The average molecular weight is 276 g/mol. The van der Waals surface area contributed by atoms with Gasteiger partial charge in [-0.25, -0.2) is 0 Å². The Morgan fingerprint density at radius 3 is 2.16 bits per heavy atom. The average Bonchev–Trinajstić information content (AvgIpc) is 2.26. The van der Waals surface area contributed by atoms with Crippen molar-refractivity contribution in [2.45, 2.75) is 43.8 Å². The maximum Gasteiger partial charge on any atom is 0.120 e. The molecule has 1 aromatic carbocycles. The summed E-state index contributed by atoms with van der Waals surface area (Å²) in [6, 6.07) is 9.81. The van der Waals surface area contributed by atoms with Gasteiger partial charge in [0.05, 0.1) is 5.60 Å². The number of aliphatic hydroxyl groups is 2. The highest BCUT2D eigenvalue weighted by Gasteiger charge is 2.20. The zero-order valence-corrected chi connectivity index (χ0v) is 12.6. The minimum atomic E-state index is -1.03. The lowest BCUT2D eigenvalue weighted by molar-refractivity contribution is 0.129. The van der Waals surface area contributed by atoms with Crippen molar-refractivity contribution in [2.75, 3.05) is 0 Å². The van der Waals surface area contributed by atoms with Crippen LogP contribution < -0.4 is 0 Å². The Kier molecular flexibility index (Phi) is 5.25. The van der Waals surface area contributed by atoms with E-state index in [0.29, 0.717) is 0 Å². The molecule has 0 aromatic heterocycles. The first-order chi connectivity index (χ1) is 8.68. The van der Waals surface area contributed by atoms with Crippen molar-refractivity contribution in [3.8, 4) is 11.8 Å². The highest BCUT2D eigenvalue weighted by molar-refractivity contribution is 8.03. The van der Waals surface area contributed by atoms with Gasteiger partial charge in [0.15, 0.2) is 0 Å². The molecule has 0 atom stereocenters. The fourth-order valence-corrected chi connectivity index (χ4v) is 2.14. The van der Waals surface area contributed by atoms with E-state index in [1.165, 1.54) is 11.8 Å². The third-order valence-corrected chi connectivity index (χ3v) is 3.50. The highest BCUT2D eigenvalue weighted by atomic mass is 32.2. The van der Waals surface area contributed by atoms with E-state index in [2.05, 4.69) is 11.8 Å². The summed E-state index contributed by atoms with van der Waals surface area (Å²) in [5.41, 5.74) is -1.99. The lowest BCUT2D eigenvalue weighted by Crippen LogP contribution is -2.20. The molecular weight excluding hydrogens is 256 g/mol. The summed E-state index contributed by atoms with van der Waals surface area (Å²) >= 11 is 1.47. The summed E-state index contributed by atoms with van der Waals surface area (Å²) in [6.45, 7) is 6.70. The largest absolute Gasteiger partial charge is 0.385 e. The van der Waals surface area contributed by atoms with Crippen LogP contribution in [-0.2, 0) is 0 Å². The third kappa shape index (κ3) is 6.49. The van der Waals surface area contributed by atoms with Crippen LogP contribution in [0.15, 0.2) is 46.2 Å². The first-order valence-electron chi connectivity index (χ1n) is 6.09. The van der Waals surface area contributed by atoms with Crippen LogP contribution in [0.5, 0.6) is 0 Å². The molecule has 0 saturated carbocycles. The Hall–Kier alpha value is -1.21. The van der Waals surface area contributed by atoms with Gasteiger partial charge in [0.1, 0.15) is 5.60 Å². The molecule has 102 valence electrons. The van der Waals surface area contributed by atoms with Crippen molar-refractivity contribution < 1.29 is 10.2 Å². The van der Waals surface area contributed by atoms with E-state index >= 15 is 0 Å². The van der Waals surface area contributed by atoms with Crippen LogP contribution in [0, 0.1) is 11.8 Å². The van der Waals surface area contributed by atoms with E-state index in [1.807, 2.05) is 30.3 Å². The third-order valence-electron chi connectivity index (χ3n) is 2.16. The van der Waals surface area contributed by atoms with Crippen LogP contribution in [-0.4, -0.2) is 21.4 Å². The number of benzene rings is 1. The second kappa shape index (κ2) is 6.29. The normalized spacial score (nSPS) is 12.8. The molecule has 3 heteroatoms. The lowest BCUT2D eigenvalue weighted by atomic mass is 10.1. The molecule has 0 heterocycles. The van der Waals surface area contributed by atoms with Crippen LogP contribution >= 0.6 is 11.8 Å². The second-order valence-corrected chi connectivity index (χ2v) is 6.43. The van der Waals surface area contributed by atoms with Gasteiger partial charge in [-0.3, -0.25) is 0 Å². The van der Waals surface area contributed by atoms with E-state index in [1.54, 1.807) is 33.8 Å². The van der Waals surface area contributed by atoms with Crippen LogP contribution in [0.4, 0.5) is 0 Å². The molecule has 0 aliphatic heterocycles. The van der Waals surface area contributed by atoms with Gasteiger partial charge in [-0.15, -0.1) is 0 Å². The second-order valence-electron chi connectivity index (χ2n) is 5.31. The quantitative estimate of drug-likeness (QED) is 0.658. The predicted molar refractivity (Wildman–Crippen MR) is 80.8 cm³/mol. The summed E-state index contributed by atoms with van der Waals surface area (Å²) < 4.78 is 0. The molecule has 0 fully saturated rings. The Morgan fingerprint density at radius 1 is 1.11 bits per heavy atom. The number of thioether (sulfide) groups is 1. The molecule has 0 aliphatic carbocycles. The molecule has 2 nitrogen and oxygen atoms in total. The number of allylic oxidation sites excluding steroid dienone is 1. The molecule has 19 heavy (non-hydrogen) atoms. The lowest BCUT2D eigenvalue weighted by Gasteiger charge is -2.20. The molecule has 0 bridgehead atoms. The molecule has 0 aliphatic rings. The molecular formula is C16H20O2S. The van der Waals surface area contributed by atoms with E-state index in [-0.39, 0.29) is 0 Å². The van der Waals surface area contributed by atoms with Gasteiger partial charge in [-0.05, 0) is 39.8 Å². The van der Waals surface area contributed by atoms with Crippen molar-refractivity contribution in [3.63, 3.8) is 0 Å². The fourth-order valence-electron chi connectivity index (χ4n) is 1.22. The van der Waals surface area contributed by atoms with E-state index in [0.717, 1.165) is 9.80 Å². The molecule has 0 radical (unpaired) electrons. The Labute approximate surface area is 119 Å². The summed E-state index contributed by atoms with van der Waals surface area (Å²) in [4.78, 5) is 1.79. The maximum atomic E-state index is 10.1. The summed E-state index contributed by atoms with van der Waals surface area (Å²) in [6.07, 6.45) is 1.66. The van der Waals surface area contributed by atoms with Crippen molar-refractivity contribution >= 4 is 11.8 Å². The van der Waals surface area contributed by atoms with Crippen LogP contribution in [0.2, 0.25) is 0 Å². The zero-order valence-electron chi connectivity index (χ0n) is 11.8. The number of rotatable bonds is 3. The summed E-state index contributed by atoms with van der Waals surface area (Å²) in [5.74, 6) is 5.52. The SMILES string of the molecule is CC(C)(O)C#CC=C(Sc1ccccc1)C(C)(C)O. The Balaban J connectivity index is 2.96. The first kappa shape index (κ1) is 15.8. The molecule has 2 N–H and O–H groups in total. The van der Waals surface area contributed by atoms with Crippen LogP contribution in [0.1, 0.15) is 27.7 Å². The van der Waals surface area contributed by atoms with Gasteiger partial charge >= 0.3 is 0 Å². The topological polar surface area (TPSA) is 40.5 Å². The number of hydrogen-bond acceptors (Lipinski definition) is 3. The van der Waals surface area contributed by atoms with E-state index < -0.39 is 11.2 Å². The van der Waals surface area contributed by atoms with Gasteiger partial charge < -0.3 is 10.2 Å². The van der Waals surface area contributed by atoms with Gasteiger partial charge in [0, 0.05) is 15.9 Å². The highest BCUT2D eigenvalue weighted by Crippen LogP contribution is 2.33. The van der Waals surface area contributed by atoms with Crippen molar-refractivity contribution in [1.82, 2.24) is 0 Å². The van der Waals surface area contributed by atoms with Gasteiger partial charge in [0.2, 0.25) is 0 Å². The predicted octanol–water partition coefficient (Wildman–Crippen LogP) is 3.21. The smallest absolute Gasteiger partial charge is 0.120 e. The van der Waals surface area contributed by atoms with Crippen molar-refractivity contribution in [2.24, 2.45) is 0 Å². The first-order valence-corrected chi connectivity index (χ1v) is 6.91. The van der Waals surface area contributed by atoms with Gasteiger partial charge in [-0.2, -0.15) is 0 Å². The standard InChI is InChI=1S/C16H20O2S/c1-15(2,17)12-8-11-14(16(3,4)18)19-13-9-6-5-7-10-13/h5-7,9-11,17-18H,1-4H3. The minimum absolute atomic E-state index is 0.746. The minimum Gasteiger partial charge on any atom is -0.385 e. The molecule has 0 unspecified atom stereocenters. The monoisotopic (exact) mass is 276 g/mol. The van der Waals surface area contributed by atoms with Gasteiger partial charge in [0.25, 0.3) is 0 Å². The maximum absolute atomic E-state index is 10.1. The van der Waals surface area contributed by atoms with E-state index in [4.69, 9.17) is 0 Å². The summed E-state index contributed by atoms with van der Waals surface area (Å²) in [7, 11) is 0. The molecule has 0 saturated heterocycles.